The quantitative estimate of drug-likeness (QED) is 0.579. The summed E-state index contributed by atoms with van der Waals surface area (Å²) in [5.74, 6) is -0.0320. The van der Waals surface area contributed by atoms with Crippen molar-refractivity contribution in [2.75, 3.05) is 11.9 Å². The second kappa shape index (κ2) is 9.21. The highest BCUT2D eigenvalue weighted by Crippen LogP contribution is 2.23. The van der Waals surface area contributed by atoms with E-state index in [2.05, 4.69) is 53.3 Å². The lowest BCUT2D eigenvalue weighted by atomic mass is 10.0. The molecule has 162 valence electrons. The fourth-order valence-corrected chi connectivity index (χ4v) is 3.85. The van der Waals surface area contributed by atoms with E-state index in [0.717, 1.165) is 33.9 Å². The molecule has 3 aromatic rings. The average Bonchev–Trinajstić information content (AvgIpc) is 3.03. The number of para-hydroxylation sites is 1. The number of carbonyl (C=O) groups is 2. The number of aromatic nitrogens is 1. The van der Waals surface area contributed by atoms with Gasteiger partial charge in [-0.15, -0.1) is 0 Å². The van der Waals surface area contributed by atoms with Crippen LogP contribution in [0, 0.1) is 27.7 Å². The first kappa shape index (κ1) is 22.3. The molecule has 0 aliphatic rings. The molecule has 1 aromatic heterocycles. The van der Waals surface area contributed by atoms with E-state index in [1.807, 2.05) is 52.0 Å². The molecule has 5 heteroatoms. The van der Waals surface area contributed by atoms with Crippen LogP contribution in [0.25, 0.3) is 5.69 Å². The standard InChI is InChI=1S/C26H31N3O2/c1-16(2)21-10-12-22(13-11-21)29-19(5)14-23(20(29)6)26(31)27-15-24(30)28-25-17(3)8-7-9-18(25)4/h7-14,16H,15H2,1-6H3,(H,27,31)(H,28,30). The molecule has 3 rings (SSSR count). The van der Waals surface area contributed by atoms with E-state index < -0.39 is 0 Å². The Morgan fingerprint density at radius 3 is 2.13 bits per heavy atom. The van der Waals surface area contributed by atoms with Crippen LogP contribution in [0.4, 0.5) is 5.69 Å². The molecule has 0 saturated heterocycles. The monoisotopic (exact) mass is 417 g/mol. The van der Waals surface area contributed by atoms with Crippen molar-refractivity contribution in [2.24, 2.45) is 0 Å². The molecule has 31 heavy (non-hydrogen) atoms. The van der Waals surface area contributed by atoms with Gasteiger partial charge in [0.05, 0.1) is 12.1 Å². The maximum absolute atomic E-state index is 12.8. The molecule has 2 aromatic carbocycles. The van der Waals surface area contributed by atoms with E-state index in [-0.39, 0.29) is 18.4 Å². The van der Waals surface area contributed by atoms with Crippen molar-refractivity contribution in [1.29, 1.82) is 0 Å². The van der Waals surface area contributed by atoms with Gasteiger partial charge in [0.2, 0.25) is 5.91 Å². The summed E-state index contributed by atoms with van der Waals surface area (Å²) >= 11 is 0. The summed E-state index contributed by atoms with van der Waals surface area (Å²) in [7, 11) is 0. The molecule has 0 saturated carbocycles. The Bertz CT molecular complexity index is 1090. The third-order valence-electron chi connectivity index (χ3n) is 5.65. The van der Waals surface area contributed by atoms with Crippen molar-refractivity contribution in [3.8, 4) is 5.69 Å². The lowest BCUT2D eigenvalue weighted by Gasteiger charge is -2.13. The normalized spacial score (nSPS) is 10.9. The van der Waals surface area contributed by atoms with E-state index in [0.29, 0.717) is 11.5 Å². The van der Waals surface area contributed by atoms with E-state index >= 15 is 0 Å². The number of rotatable bonds is 6. The summed E-state index contributed by atoms with van der Waals surface area (Å²) in [6, 6.07) is 16.1. The molecule has 0 atom stereocenters. The summed E-state index contributed by atoms with van der Waals surface area (Å²) in [5, 5.41) is 5.65. The third kappa shape index (κ3) is 4.88. The SMILES string of the molecule is Cc1cccc(C)c1NC(=O)CNC(=O)c1cc(C)n(-c2ccc(C(C)C)cc2)c1C. The number of hydrogen-bond donors (Lipinski definition) is 2. The van der Waals surface area contributed by atoms with Crippen molar-refractivity contribution in [1.82, 2.24) is 9.88 Å². The molecule has 0 unspecified atom stereocenters. The number of hydrogen-bond acceptors (Lipinski definition) is 2. The molecule has 5 nitrogen and oxygen atoms in total. The average molecular weight is 418 g/mol. The second-order valence-electron chi connectivity index (χ2n) is 8.36. The van der Waals surface area contributed by atoms with Crippen LogP contribution in [0.3, 0.4) is 0 Å². The van der Waals surface area contributed by atoms with Gasteiger partial charge in [-0.2, -0.15) is 0 Å². The summed E-state index contributed by atoms with van der Waals surface area (Å²) < 4.78 is 2.07. The molecule has 0 radical (unpaired) electrons. The van der Waals surface area contributed by atoms with E-state index in [9.17, 15) is 9.59 Å². The molecular formula is C26H31N3O2. The van der Waals surface area contributed by atoms with E-state index in [1.165, 1.54) is 5.56 Å². The van der Waals surface area contributed by atoms with Gasteiger partial charge < -0.3 is 15.2 Å². The smallest absolute Gasteiger partial charge is 0.253 e. The zero-order valence-corrected chi connectivity index (χ0v) is 19.2. The fourth-order valence-electron chi connectivity index (χ4n) is 3.85. The zero-order valence-electron chi connectivity index (χ0n) is 19.2. The van der Waals surface area contributed by atoms with E-state index in [1.54, 1.807) is 0 Å². The van der Waals surface area contributed by atoms with Crippen LogP contribution in [0.2, 0.25) is 0 Å². The van der Waals surface area contributed by atoms with Crippen LogP contribution < -0.4 is 10.6 Å². The number of carbonyl (C=O) groups excluding carboxylic acids is 2. The number of benzene rings is 2. The van der Waals surface area contributed by atoms with Crippen LogP contribution in [0.1, 0.15) is 58.2 Å². The summed E-state index contributed by atoms with van der Waals surface area (Å²) in [6.45, 7) is 12.1. The minimum atomic E-state index is -0.255. The Balaban J connectivity index is 1.71. The van der Waals surface area contributed by atoms with Crippen LogP contribution in [-0.4, -0.2) is 22.9 Å². The maximum atomic E-state index is 12.8. The maximum Gasteiger partial charge on any atom is 0.253 e. The van der Waals surface area contributed by atoms with Crippen LogP contribution in [-0.2, 0) is 4.79 Å². The van der Waals surface area contributed by atoms with Crippen molar-refractivity contribution in [3.63, 3.8) is 0 Å². The fraction of sp³-hybridized carbons (Fsp3) is 0.308. The molecule has 0 aliphatic heterocycles. The van der Waals surface area contributed by atoms with Gasteiger partial charge in [0.25, 0.3) is 5.91 Å². The first-order valence-corrected chi connectivity index (χ1v) is 10.6. The number of amides is 2. The Labute approximate surface area is 184 Å². The lowest BCUT2D eigenvalue weighted by molar-refractivity contribution is -0.115. The largest absolute Gasteiger partial charge is 0.343 e. The van der Waals surface area contributed by atoms with Gasteiger partial charge in [-0.3, -0.25) is 9.59 Å². The summed E-state index contributed by atoms with van der Waals surface area (Å²) in [4.78, 5) is 25.2. The number of aryl methyl sites for hydroxylation is 3. The van der Waals surface area contributed by atoms with Crippen molar-refractivity contribution < 1.29 is 9.59 Å². The number of nitrogens with one attached hydrogen (secondary N) is 2. The molecule has 0 spiro atoms. The van der Waals surface area contributed by atoms with Gasteiger partial charge >= 0.3 is 0 Å². The Kier molecular flexibility index (Phi) is 6.64. The van der Waals surface area contributed by atoms with Gasteiger partial charge in [0.1, 0.15) is 0 Å². The predicted octanol–water partition coefficient (Wildman–Crippen LogP) is 5.20. The number of nitrogens with zero attached hydrogens (tertiary/aromatic N) is 1. The van der Waals surface area contributed by atoms with Gasteiger partial charge in [-0.1, -0.05) is 44.2 Å². The lowest BCUT2D eigenvalue weighted by Crippen LogP contribution is -2.33. The molecule has 2 N–H and O–H groups in total. The Hall–Kier alpha value is -3.34. The zero-order chi connectivity index (χ0) is 22.7. The second-order valence-corrected chi connectivity index (χ2v) is 8.36. The van der Waals surface area contributed by atoms with E-state index in [4.69, 9.17) is 0 Å². The first-order valence-electron chi connectivity index (χ1n) is 10.6. The summed E-state index contributed by atoms with van der Waals surface area (Å²) in [6.07, 6.45) is 0. The van der Waals surface area contributed by atoms with Crippen LogP contribution in [0.5, 0.6) is 0 Å². The topological polar surface area (TPSA) is 63.1 Å². The molecule has 1 heterocycles. The molecule has 2 amide bonds. The first-order chi connectivity index (χ1) is 14.7. The minimum absolute atomic E-state index is 0.0840. The third-order valence-corrected chi connectivity index (χ3v) is 5.65. The van der Waals surface area contributed by atoms with Crippen LogP contribution in [0.15, 0.2) is 48.5 Å². The number of anilines is 1. The molecule has 0 aliphatic carbocycles. The highest BCUT2D eigenvalue weighted by atomic mass is 16.2. The molecule has 0 bridgehead atoms. The summed E-state index contributed by atoms with van der Waals surface area (Å²) in [5.41, 5.74) is 7.47. The van der Waals surface area contributed by atoms with Gasteiger partial charge in [0, 0.05) is 22.8 Å². The van der Waals surface area contributed by atoms with Gasteiger partial charge in [-0.25, -0.2) is 0 Å². The van der Waals surface area contributed by atoms with Crippen molar-refractivity contribution >= 4 is 17.5 Å². The van der Waals surface area contributed by atoms with Gasteiger partial charge in [0.15, 0.2) is 0 Å². The van der Waals surface area contributed by atoms with Crippen molar-refractivity contribution in [2.45, 2.75) is 47.5 Å². The predicted molar refractivity (Wildman–Crippen MR) is 126 cm³/mol. The Morgan fingerprint density at radius 2 is 1.55 bits per heavy atom. The highest BCUT2D eigenvalue weighted by Gasteiger charge is 2.18. The van der Waals surface area contributed by atoms with Crippen LogP contribution >= 0.6 is 0 Å². The van der Waals surface area contributed by atoms with Crippen molar-refractivity contribution in [3.05, 3.63) is 82.2 Å². The van der Waals surface area contributed by atoms with Gasteiger partial charge in [-0.05, 0) is 68.5 Å². The molecule has 0 fully saturated rings. The molecular weight excluding hydrogens is 386 g/mol. The Morgan fingerprint density at radius 1 is 0.935 bits per heavy atom. The highest BCUT2D eigenvalue weighted by molar-refractivity contribution is 6.00. The minimum Gasteiger partial charge on any atom is -0.343 e.